The molecule has 0 N–H and O–H groups in total. The number of nitrogens with zero attached hydrogens (tertiary/aromatic N) is 1. The molecule has 0 aliphatic heterocycles. The number of methoxy groups -OCH3 is 1. The van der Waals surface area contributed by atoms with Crippen LogP contribution in [0.25, 0.3) is 0 Å². The maximum atomic E-state index is 5.24. The van der Waals surface area contributed by atoms with E-state index in [0.717, 1.165) is 11.3 Å². The van der Waals surface area contributed by atoms with Crippen LogP contribution in [0.4, 0.5) is 0 Å². The van der Waals surface area contributed by atoms with Crippen LogP contribution in [0.5, 0.6) is 5.75 Å². The van der Waals surface area contributed by atoms with E-state index in [4.69, 9.17) is 9.57 Å². The Morgan fingerprint density at radius 2 is 2.00 bits per heavy atom. The summed E-state index contributed by atoms with van der Waals surface area (Å²) in [5, 5.41) is 3.91. The molecule has 0 bridgehead atoms. The molecule has 0 fully saturated rings. The van der Waals surface area contributed by atoms with Crippen LogP contribution in [0.3, 0.4) is 0 Å². The zero-order valence-electron chi connectivity index (χ0n) is 9.65. The monoisotopic (exact) mass is 207 g/mol. The lowest BCUT2D eigenvalue weighted by Gasteiger charge is -2.14. The van der Waals surface area contributed by atoms with Gasteiger partial charge in [0.05, 0.1) is 13.3 Å². The van der Waals surface area contributed by atoms with Crippen LogP contribution in [0.15, 0.2) is 29.4 Å². The highest BCUT2D eigenvalue weighted by molar-refractivity contribution is 5.79. The zero-order valence-corrected chi connectivity index (χ0v) is 9.65. The highest BCUT2D eigenvalue weighted by Gasteiger charge is 2.09. The summed E-state index contributed by atoms with van der Waals surface area (Å²) in [6.45, 7) is 5.86. The van der Waals surface area contributed by atoms with Gasteiger partial charge in [-0.05, 0) is 38.5 Å². The summed E-state index contributed by atoms with van der Waals surface area (Å²) in [5.41, 5.74) is 0.702. The molecular formula is C12H17NO2. The van der Waals surface area contributed by atoms with Gasteiger partial charge in [0, 0.05) is 0 Å². The van der Waals surface area contributed by atoms with Crippen LogP contribution in [-0.2, 0) is 4.84 Å². The van der Waals surface area contributed by atoms with Gasteiger partial charge in [-0.25, -0.2) is 0 Å². The number of ether oxygens (including phenoxy) is 1. The minimum Gasteiger partial charge on any atom is -0.497 e. The quantitative estimate of drug-likeness (QED) is 0.563. The molecular weight excluding hydrogens is 190 g/mol. The standard InChI is InChI=1S/C12H17NO2/c1-12(2,3)15-13-9-10-6-5-7-11(8-10)14-4/h5-9H,1-4H3. The third-order valence-corrected chi connectivity index (χ3v) is 1.62. The Morgan fingerprint density at radius 1 is 1.27 bits per heavy atom. The molecule has 82 valence electrons. The van der Waals surface area contributed by atoms with E-state index in [1.807, 2.05) is 45.0 Å². The predicted molar refractivity (Wildman–Crippen MR) is 61.4 cm³/mol. The number of hydrogen-bond acceptors (Lipinski definition) is 3. The van der Waals surface area contributed by atoms with Crippen molar-refractivity contribution in [3.05, 3.63) is 29.8 Å². The summed E-state index contributed by atoms with van der Waals surface area (Å²) in [7, 11) is 1.64. The molecule has 1 aromatic rings. The summed E-state index contributed by atoms with van der Waals surface area (Å²) in [5.74, 6) is 0.815. The van der Waals surface area contributed by atoms with E-state index in [-0.39, 0.29) is 5.60 Å². The van der Waals surface area contributed by atoms with E-state index in [2.05, 4.69) is 5.16 Å². The first-order valence-electron chi connectivity index (χ1n) is 4.87. The Balaban J connectivity index is 2.64. The summed E-state index contributed by atoms with van der Waals surface area (Å²) in [6.07, 6.45) is 1.67. The number of benzene rings is 1. The van der Waals surface area contributed by atoms with Crippen LogP contribution in [0, 0.1) is 0 Å². The van der Waals surface area contributed by atoms with Gasteiger partial charge in [0.25, 0.3) is 0 Å². The minimum absolute atomic E-state index is 0.255. The van der Waals surface area contributed by atoms with E-state index >= 15 is 0 Å². The van der Waals surface area contributed by atoms with Crippen molar-refractivity contribution in [1.82, 2.24) is 0 Å². The zero-order chi connectivity index (χ0) is 11.3. The Hall–Kier alpha value is -1.51. The second kappa shape index (κ2) is 4.82. The van der Waals surface area contributed by atoms with Gasteiger partial charge in [0.15, 0.2) is 0 Å². The van der Waals surface area contributed by atoms with Crippen LogP contribution in [0.2, 0.25) is 0 Å². The van der Waals surface area contributed by atoms with Crippen molar-refractivity contribution in [2.45, 2.75) is 26.4 Å². The molecule has 1 rings (SSSR count). The number of hydrogen-bond donors (Lipinski definition) is 0. The lowest BCUT2D eigenvalue weighted by molar-refractivity contribution is 0.00199. The molecule has 0 saturated heterocycles. The lowest BCUT2D eigenvalue weighted by atomic mass is 10.2. The van der Waals surface area contributed by atoms with Gasteiger partial charge in [-0.3, -0.25) is 0 Å². The number of oxime groups is 1. The Bertz CT molecular complexity index is 340. The second-order valence-electron chi connectivity index (χ2n) is 4.21. The molecule has 0 heterocycles. The summed E-state index contributed by atoms with van der Waals surface area (Å²) in [4.78, 5) is 5.24. The largest absolute Gasteiger partial charge is 0.497 e. The van der Waals surface area contributed by atoms with Crippen LogP contribution >= 0.6 is 0 Å². The smallest absolute Gasteiger partial charge is 0.129 e. The molecule has 0 aromatic heterocycles. The third-order valence-electron chi connectivity index (χ3n) is 1.62. The van der Waals surface area contributed by atoms with Crippen LogP contribution in [-0.4, -0.2) is 18.9 Å². The van der Waals surface area contributed by atoms with Crippen molar-refractivity contribution >= 4 is 6.21 Å². The second-order valence-corrected chi connectivity index (χ2v) is 4.21. The Kier molecular flexibility index (Phi) is 3.72. The van der Waals surface area contributed by atoms with Crippen molar-refractivity contribution < 1.29 is 9.57 Å². The van der Waals surface area contributed by atoms with Crippen molar-refractivity contribution in [2.75, 3.05) is 7.11 Å². The molecule has 3 nitrogen and oxygen atoms in total. The molecule has 0 unspecified atom stereocenters. The fraction of sp³-hybridized carbons (Fsp3) is 0.417. The van der Waals surface area contributed by atoms with Crippen LogP contribution < -0.4 is 4.74 Å². The average molecular weight is 207 g/mol. The maximum Gasteiger partial charge on any atom is 0.129 e. The van der Waals surface area contributed by atoms with Crippen molar-refractivity contribution in [2.24, 2.45) is 5.16 Å². The first kappa shape index (κ1) is 11.6. The molecule has 0 atom stereocenters. The fourth-order valence-corrected chi connectivity index (χ4v) is 0.967. The molecule has 0 aliphatic rings. The Labute approximate surface area is 90.7 Å². The number of rotatable bonds is 3. The molecule has 0 aliphatic carbocycles. The van der Waals surface area contributed by atoms with Gasteiger partial charge in [0.1, 0.15) is 11.4 Å². The summed E-state index contributed by atoms with van der Waals surface area (Å²) < 4.78 is 5.10. The van der Waals surface area contributed by atoms with Gasteiger partial charge in [-0.2, -0.15) is 0 Å². The highest BCUT2D eigenvalue weighted by Crippen LogP contribution is 2.11. The van der Waals surface area contributed by atoms with Gasteiger partial charge >= 0.3 is 0 Å². The SMILES string of the molecule is COc1cccc(C=NOC(C)(C)C)c1. The average Bonchev–Trinajstić information content (AvgIpc) is 2.16. The first-order chi connectivity index (χ1) is 7.01. The third kappa shape index (κ3) is 4.49. The van der Waals surface area contributed by atoms with Crippen molar-refractivity contribution in [3.63, 3.8) is 0 Å². The van der Waals surface area contributed by atoms with Gasteiger partial charge in [-0.1, -0.05) is 17.3 Å². The molecule has 3 heteroatoms. The van der Waals surface area contributed by atoms with Crippen molar-refractivity contribution in [3.8, 4) is 5.75 Å². The van der Waals surface area contributed by atoms with E-state index in [0.29, 0.717) is 0 Å². The van der Waals surface area contributed by atoms with E-state index in [1.165, 1.54) is 0 Å². The fourth-order valence-electron chi connectivity index (χ4n) is 0.967. The topological polar surface area (TPSA) is 30.8 Å². The molecule has 1 aromatic carbocycles. The minimum atomic E-state index is -0.255. The molecule has 0 saturated carbocycles. The van der Waals surface area contributed by atoms with E-state index < -0.39 is 0 Å². The summed E-state index contributed by atoms with van der Waals surface area (Å²) >= 11 is 0. The highest BCUT2D eigenvalue weighted by atomic mass is 16.6. The molecule has 0 spiro atoms. The van der Waals surface area contributed by atoms with Crippen LogP contribution in [0.1, 0.15) is 26.3 Å². The van der Waals surface area contributed by atoms with E-state index in [1.54, 1.807) is 13.3 Å². The summed E-state index contributed by atoms with van der Waals surface area (Å²) in [6, 6.07) is 7.65. The lowest BCUT2D eigenvalue weighted by Crippen LogP contribution is -2.15. The maximum absolute atomic E-state index is 5.24. The Morgan fingerprint density at radius 3 is 2.60 bits per heavy atom. The van der Waals surface area contributed by atoms with Gasteiger partial charge < -0.3 is 9.57 Å². The van der Waals surface area contributed by atoms with E-state index in [9.17, 15) is 0 Å². The molecule has 0 amide bonds. The van der Waals surface area contributed by atoms with Crippen molar-refractivity contribution in [1.29, 1.82) is 0 Å². The molecule has 0 radical (unpaired) electrons. The van der Waals surface area contributed by atoms with Gasteiger partial charge in [0.2, 0.25) is 0 Å². The first-order valence-corrected chi connectivity index (χ1v) is 4.87. The predicted octanol–water partition coefficient (Wildman–Crippen LogP) is 2.84. The van der Waals surface area contributed by atoms with Gasteiger partial charge in [-0.15, -0.1) is 0 Å². The molecule has 15 heavy (non-hydrogen) atoms. The normalized spacial score (nSPS) is 11.7.